The van der Waals surface area contributed by atoms with E-state index in [1.165, 1.54) is 11.3 Å². The van der Waals surface area contributed by atoms with E-state index in [2.05, 4.69) is 5.32 Å². The summed E-state index contributed by atoms with van der Waals surface area (Å²) in [5.74, 6) is -0.0460. The largest absolute Gasteiger partial charge is 0.396 e. The van der Waals surface area contributed by atoms with Crippen molar-refractivity contribution in [3.05, 3.63) is 16.3 Å². The van der Waals surface area contributed by atoms with Crippen molar-refractivity contribution >= 4 is 29.0 Å². The number of amides is 1. The number of rotatable bonds is 5. The van der Waals surface area contributed by atoms with E-state index < -0.39 is 0 Å². The number of carbonyl (C=O) groups excluding carboxylic acids is 1. The number of aliphatic hydroxyl groups is 1. The van der Waals surface area contributed by atoms with Crippen LogP contribution in [0, 0.1) is 0 Å². The van der Waals surface area contributed by atoms with Gasteiger partial charge in [0.05, 0.1) is 0 Å². The fourth-order valence-electron chi connectivity index (χ4n) is 1.18. The quantitative estimate of drug-likeness (QED) is 0.780. The molecule has 1 unspecified atom stereocenters. The second kappa shape index (κ2) is 6.15. The zero-order chi connectivity index (χ0) is 11.3. The van der Waals surface area contributed by atoms with Gasteiger partial charge in [-0.15, -0.1) is 23.1 Å². The maximum Gasteiger partial charge on any atom is 0.262 e. The Morgan fingerprint density at radius 3 is 3.07 bits per heavy atom. The summed E-state index contributed by atoms with van der Waals surface area (Å²) in [6, 6.07) is 1.96. The lowest BCUT2D eigenvalue weighted by molar-refractivity contribution is 0.0936. The van der Waals surface area contributed by atoms with Gasteiger partial charge in [0.1, 0.15) is 4.88 Å². The molecule has 2 N–H and O–H groups in total. The molecule has 1 aromatic heterocycles. The molecule has 3 nitrogen and oxygen atoms in total. The fraction of sp³-hybridized carbons (Fsp3) is 0.500. The van der Waals surface area contributed by atoms with E-state index >= 15 is 0 Å². The van der Waals surface area contributed by atoms with E-state index in [0.29, 0.717) is 6.42 Å². The molecule has 5 heteroatoms. The molecule has 0 fully saturated rings. The monoisotopic (exact) mass is 245 g/mol. The molecule has 15 heavy (non-hydrogen) atoms. The Bertz CT molecular complexity index is 325. The number of hydrogen-bond donors (Lipinski definition) is 2. The Morgan fingerprint density at radius 1 is 1.73 bits per heavy atom. The van der Waals surface area contributed by atoms with Gasteiger partial charge in [-0.2, -0.15) is 0 Å². The van der Waals surface area contributed by atoms with Crippen molar-refractivity contribution in [2.75, 3.05) is 12.9 Å². The molecule has 0 aromatic carbocycles. The molecule has 1 heterocycles. The van der Waals surface area contributed by atoms with Crippen LogP contribution >= 0.6 is 23.1 Å². The normalized spacial score (nSPS) is 12.5. The van der Waals surface area contributed by atoms with Crippen molar-refractivity contribution in [2.24, 2.45) is 0 Å². The molecule has 0 aliphatic rings. The Hall–Kier alpha value is -0.520. The Balaban J connectivity index is 2.61. The van der Waals surface area contributed by atoms with Crippen LogP contribution in [-0.4, -0.2) is 29.9 Å². The van der Waals surface area contributed by atoms with Crippen LogP contribution < -0.4 is 5.32 Å². The van der Waals surface area contributed by atoms with E-state index in [0.717, 1.165) is 9.77 Å². The highest BCUT2D eigenvalue weighted by molar-refractivity contribution is 7.98. The number of thiophene rings is 1. The van der Waals surface area contributed by atoms with Gasteiger partial charge in [-0.05, 0) is 31.0 Å². The van der Waals surface area contributed by atoms with Crippen LogP contribution in [0.1, 0.15) is 23.0 Å². The lowest BCUT2D eigenvalue weighted by Crippen LogP contribution is -2.32. The molecule has 0 spiro atoms. The second-order valence-electron chi connectivity index (χ2n) is 3.20. The number of hydrogen-bond acceptors (Lipinski definition) is 4. The molecule has 1 atom stereocenters. The minimum absolute atomic E-state index is 0.0132. The summed E-state index contributed by atoms with van der Waals surface area (Å²) in [6.07, 6.45) is 2.54. The number of thioether (sulfide) groups is 1. The fourth-order valence-corrected chi connectivity index (χ4v) is 2.83. The number of nitrogens with one attached hydrogen (secondary N) is 1. The first-order chi connectivity index (χ1) is 7.19. The molecule has 0 saturated carbocycles. The van der Waals surface area contributed by atoms with Crippen LogP contribution in [0.15, 0.2) is 16.3 Å². The highest BCUT2D eigenvalue weighted by atomic mass is 32.2. The van der Waals surface area contributed by atoms with Gasteiger partial charge in [0.15, 0.2) is 0 Å². The van der Waals surface area contributed by atoms with Crippen molar-refractivity contribution in [2.45, 2.75) is 24.3 Å². The first-order valence-electron chi connectivity index (χ1n) is 4.72. The van der Waals surface area contributed by atoms with Crippen LogP contribution in [0.2, 0.25) is 0 Å². The van der Waals surface area contributed by atoms with Crippen molar-refractivity contribution in [3.8, 4) is 0 Å². The summed E-state index contributed by atoms with van der Waals surface area (Å²) >= 11 is 3.02. The van der Waals surface area contributed by atoms with Crippen LogP contribution in [0.3, 0.4) is 0 Å². The zero-order valence-corrected chi connectivity index (χ0v) is 10.5. The van der Waals surface area contributed by atoms with E-state index in [-0.39, 0.29) is 18.6 Å². The maximum absolute atomic E-state index is 11.8. The maximum atomic E-state index is 11.8. The Labute approximate surface area is 97.9 Å². The molecular weight excluding hydrogens is 230 g/mol. The molecule has 0 bridgehead atoms. The van der Waals surface area contributed by atoms with Gasteiger partial charge in [0.2, 0.25) is 0 Å². The topological polar surface area (TPSA) is 49.3 Å². The van der Waals surface area contributed by atoms with Gasteiger partial charge < -0.3 is 10.4 Å². The van der Waals surface area contributed by atoms with Gasteiger partial charge in [0.25, 0.3) is 5.91 Å². The first kappa shape index (κ1) is 12.5. The van der Waals surface area contributed by atoms with Crippen molar-refractivity contribution < 1.29 is 9.90 Å². The van der Waals surface area contributed by atoms with E-state index in [1.54, 1.807) is 11.8 Å². The molecule has 1 aromatic rings. The molecule has 1 amide bonds. The Kier molecular flexibility index (Phi) is 5.14. The van der Waals surface area contributed by atoms with Crippen LogP contribution in [0.5, 0.6) is 0 Å². The average Bonchev–Trinajstić information content (AvgIpc) is 2.65. The molecule has 1 rings (SSSR count). The predicted molar refractivity (Wildman–Crippen MR) is 64.7 cm³/mol. The summed E-state index contributed by atoms with van der Waals surface area (Å²) in [6.45, 7) is 1.99. The van der Waals surface area contributed by atoms with E-state index in [4.69, 9.17) is 5.11 Å². The smallest absolute Gasteiger partial charge is 0.262 e. The van der Waals surface area contributed by atoms with Crippen molar-refractivity contribution in [1.29, 1.82) is 0 Å². The summed E-state index contributed by atoms with van der Waals surface area (Å²) in [5.41, 5.74) is 0. The summed E-state index contributed by atoms with van der Waals surface area (Å²) in [5, 5.41) is 13.5. The predicted octanol–water partition coefficient (Wildman–Crippen LogP) is 1.97. The summed E-state index contributed by atoms with van der Waals surface area (Å²) < 4.78 is 0. The third-order valence-electron chi connectivity index (χ3n) is 1.99. The lowest BCUT2D eigenvalue weighted by atomic mass is 10.2. The zero-order valence-electron chi connectivity index (χ0n) is 8.82. The molecule has 0 saturated heterocycles. The summed E-state index contributed by atoms with van der Waals surface area (Å²) in [7, 11) is 0. The third kappa shape index (κ3) is 3.52. The van der Waals surface area contributed by atoms with Gasteiger partial charge in [-0.1, -0.05) is 0 Å². The average molecular weight is 245 g/mol. The van der Waals surface area contributed by atoms with Gasteiger partial charge >= 0.3 is 0 Å². The molecule has 84 valence electrons. The number of aliphatic hydroxyl groups excluding tert-OH is 1. The van der Waals surface area contributed by atoms with Crippen LogP contribution in [-0.2, 0) is 0 Å². The second-order valence-corrected chi connectivity index (χ2v) is 4.97. The molecule has 0 radical (unpaired) electrons. The SMILES string of the molecule is CSc1ccsc1C(=O)NC(C)CCO. The van der Waals surface area contributed by atoms with Crippen molar-refractivity contribution in [3.63, 3.8) is 0 Å². The van der Waals surface area contributed by atoms with Gasteiger partial charge in [0, 0.05) is 17.5 Å². The highest BCUT2D eigenvalue weighted by Crippen LogP contribution is 2.25. The molecule has 0 aliphatic carbocycles. The third-order valence-corrected chi connectivity index (χ3v) is 3.82. The first-order valence-corrected chi connectivity index (χ1v) is 6.82. The van der Waals surface area contributed by atoms with Gasteiger partial charge in [-0.3, -0.25) is 4.79 Å². The standard InChI is InChI=1S/C10H15NO2S2/c1-7(3-5-12)11-10(13)9-8(14-2)4-6-15-9/h4,6-7,12H,3,5H2,1-2H3,(H,11,13). The minimum atomic E-state index is -0.0460. The Morgan fingerprint density at radius 2 is 2.47 bits per heavy atom. The van der Waals surface area contributed by atoms with Gasteiger partial charge in [-0.25, -0.2) is 0 Å². The van der Waals surface area contributed by atoms with Crippen molar-refractivity contribution in [1.82, 2.24) is 5.32 Å². The van der Waals surface area contributed by atoms with Crippen LogP contribution in [0.25, 0.3) is 0 Å². The van der Waals surface area contributed by atoms with Crippen LogP contribution in [0.4, 0.5) is 0 Å². The van der Waals surface area contributed by atoms with E-state index in [1.807, 2.05) is 24.6 Å². The van der Waals surface area contributed by atoms with E-state index in [9.17, 15) is 4.79 Å². The summed E-state index contributed by atoms with van der Waals surface area (Å²) in [4.78, 5) is 13.5. The molecule has 0 aliphatic heterocycles. The highest BCUT2D eigenvalue weighted by Gasteiger charge is 2.14. The minimum Gasteiger partial charge on any atom is -0.396 e. The number of carbonyl (C=O) groups is 1. The molecular formula is C10H15NO2S2. The lowest BCUT2D eigenvalue weighted by Gasteiger charge is -2.11.